The lowest BCUT2D eigenvalue weighted by atomic mass is 9.95. The fourth-order valence-corrected chi connectivity index (χ4v) is 3.02. The highest BCUT2D eigenvalue weighted by molar-refractivity contribution is 6.30. The Morgan fingerprint density at radius 3 is 2.35 bits per heavy atom. The molecule has 0 bridgehead atoms. The molecule has 0 unspecified atom stereocenters. The first kappa shape index (κ1) is 18.4. The highest BCUT2D eigenvalue weighted by atomic mass is 35.5. The van der Waals surface area contributed by atoms with Crippen LogP contribution < -0.4 is 10.6 Å². The number of carbonyl (C=O) groups excluding carboxylic acids is 2. The fraction of sp³-hybridized carbons (Fsp3) is 0.300. The molecule has 2 aromatic carbocycles. The Morgan fingerprint density at radius 2 is 1.73 bits per heavy atom. The van der Waals surface area contributed by atoms with Crippen LogP contribution in [0.15, 0.2) is 42.5 Å². The molecule has 26 heavy (non-hydrogen) atoms. The van der Waals surface area contributed by atoms with Crippen molar-refractivity contribution < 1.29 is 14.0 Å². The number of rotatable bonds is 6. The second-order valence-electron chi connectivity index (χ2n) is 6.56. The third kappa shape index (κ3) is 3.88. The van der Waals surface area contributed by atoms with E-state index < -0.39 is 11.2 Å². The second kappa shape index (κ2) is 7.46. The lowest BCUT2D eigenvalue weighted by Gasteiger charge is -2.16. The maximum Gasteiger partial charge on any atom is 0.251 e. The molecule has 136 valence electrons. The molecular weight excluding hydrogens is 355 g/mol. The average molecular weight is 375 g/mol. The molecule has 2 N–H and O–H groups in total. The van der Waals surface area contributed by atoms with Gasteiger partial charge in [-0.1, -0.05) is 29.8 Å². The Labute approximate surface area is 156 Å². The van der Waals surface area contributed by atoms with E-state index in [4.69, 9.17) is 11.6 Å². The summed E-state index contributed by atoms with van der Waals surface area (Å²) in [5, 5.41) is 6.19. The summed E-state index contributed by atoms with van der Waals surface area (Å²) in [6.45, 7) is 2.23. The van der Waals surface area contributed by atoms with Gasteiger partial charge >= 0.3 is 0 Å². The van der Waals surface area contributed by atoms with Gasteiger partial charge in [0.15, 0.2) is 0 Å². The number of nitrogens with one attached hydrogen (secondary N) is 2. The minimum absolute atomic E-state index is 0.0459. The Bertz CT molecular complexity index is 832. The molecule has 2 aromatic rings. The Balaban J connectivity index is 1.49. The van der Waals surface area contributed by atoms with E-state index in [1.165, 1.54) is 6.07 Å². The number of hydrogen-bond donors (Lipinski definition) is 2. The molecule has 0 saturated heterocycles. The Hall–Kier alpha value is -2.40. The number of benzene rings is 2. The third-order valence-corrected chi connectivity index (χ3v) is 4.96. The van der Waals surface area contributed by atoms with Crippen LogP contribution in [0.4, 0.5) is 4.39 Å². The molecule has 0 heterocycles. The van der Waals surface area contributed by atoms with Crippen molar-refractivity contribution in [3.8, 4) is 0 Å². The van der Waals surface area contributed by atoms with Gasteiger partial charge in [0.05, 0.1) is 5.41 Å². The number of hydrogen-bond acceptors (Lipinski definition) is 2. The van der Waals surface area contributed by atoms with E-state index in [1.807, 2.05) is 12.1 Å². The number of aryl methyl sites for hydroxylation is 1. The number of carbonyl (C=O) groups is 2. The number of halogens is 2. The van der Waals surface area contributed by atoms with Gasteiger partial charge in [-0.2, -0.15) is 0 Å². The van der Waals surface area contributed by atoms with E-state index in [0.29, 0.717) is 17.1 Å². The minimum Gasteiger partial charge on any atom is -0.354 e. The van der Waals surface area contributed by atoms with Crippen molar-refractivity contribution in [2.24, 2.45) is 0 Å². The lowest BCUT2D eigenvalue weighted by Crippen LogP contribution is -2.39. The molecule has 1 saturated carbocycles. The first-order valence-electron chi connectivity index (χ1n) is 8.51. The van der Waals surface area contributed by atoms with E-state index in [0.717, 1.165) is 18.4 Å². The average Bonchev–Trinajstić information content (AvgIpc) is 3.43. The smallest absolute Gasteiger partial charge is 0.251 e. The lowest BCUT2D eigenvalue weighted by molar-refractivity contribution is -0.123. The van der Waals surface area contributed by atoms with Crippen LogP contribution in [0.2, 0.25) is 5.02 Å². The normalized spacial score (nSPS) is 14.6. The van der Waals surface area contributed by atoms with Crippen LogP contribution >= 0.6 is 11.6 Å². The predicted molar refractivity (Wildman–Crippen MR) is 98.8 cm³/mol. The standard InChI is InChI=1S/C20H20ClFN2O2/c1-13-2-3-14(12-17(13)22)18(25)23-10-11-24-19(26)20(8-9-20)15-4-6-16(21)7-5-15/h2-7,12H,8-11H2,1H3,(H,23,25)(H,24,26). The molecule has 0 atom stereocenters. The summed E-state index contributed by atoms with van der Waals surface area (Å²) < 4.78 is 13.5. The topological polar surface area (TPSA) is 58.2 Å². The van der Waals surface area contributed by atoms with Crippen LogP contribution in [-0.4, -0.2) is 24.9 Å². The Kier molecular flexibility index (Phi) is 5.28. The summed E-state index contributed by atoms with van der Waals surface area (Å²) >= 11 is 5.90. The first-order valence-corrected chi connectivity index (χ1v) is 8.89. The maximum atomic E-state index is 13.5. The van der Waals surface area contributed by atoms with Crippen molar-refractivity contribution in [2.75, 3.05) is 13.1 Å². The van der Waals surface area contributed by atoms with E-state index >= 15 is 0 Å². The van der Waals surface area contributed by atoms with Crippen molar-refractivity contribution >= 4 is 23.4 Å². The van der Waals surface area contributed by atoms with Crippen LogP contribution in [0.25, 0.3) is 0 Å². The summed E-state index contributed by atoms with van der Waals surface area (Å²) in [5.74, 6) is -0.822. The van der Waals surface area contributed by atoms with Crippen LogP contribution in [0, 0.1) is 12.7 Å². The van der Waals surface area contributed by atoms with Crippen LogP contribution in [0.5, 0.6) is 0 Å². The highest BCUT2D eigenvalue weighted by Crippen LogP contribution is 2.48. The Morgan fingerprint density at radius 1 is 1.08 bits per heavy atom. The highest BCUT2D eigenvalue weighted by Gasteiger charge is 2.50. The SMILES string of the molecule is Cc1ccc(C(=O)NCCNC(=O)C2(c3ccc(Cl)cc3)CC2)cc1F. The zero-order valence-electron chi connectivity index (χ0n) is 14.4. The molecule has 0 spiro atoms. The van der Waals surface area contributed by atoms with Gasteiger partial charge in [-0.3, -0.25) is 9.59 Å². The van der Waals surface area contributed by atoms with Crippen LogP contribution in [0.3, 0.4) is 0 Å². The van der Waals surface area contributed by atoms with Crippen molar-refractivity contribution in [1.29, 1.82) is 0 Å². The first-order chi connectivity index (χ1) is 12.4. The van der Waals surface area contributed by atoms with Gasteiger partial charge in [0, 0.05) is 23.7 Å². The van der Waals surface area contributed by atoms with E-state index in [2.05, 4.69) is 10.6 Å². The molecular formula is C20H20ClFN2O2. The summed E-state index contributed by atoms with van der Waals surface area (Å²) in [7, 11) is 0. The fourth-order valence-electron chi connectivity index (χ4n) is 2.90. The molecule has 3 rings (SSSR count). The molecule has 1 aliphatic rings. The molecule has 0 aromatic heterocycles. The van der Waals surface area contributed by atoms with Gasteiger partial charge in [-0.15, -0.1) is 0 Å². The molecule has 0 aliphatic heterocycles. The predicted octanol–water partition coefficient (Wildman–Crippen LogP) is 3.37. The largest absolute Gasteiger partial charge is 0.354 e. The van der Waals surface area contributed by atoms with Crippen molar-refractivity contribution in [3.63, 3.8) is 0 Å². The molecule has 2 amide bonds. The van der Waals surface area contributed by atoms with Gasteiger partial charge < -0.3 is 10.6 Å². The quantitative estimate of drug-likeness (QED) is 0.762. The minimum atomic E-state index is -0.477. The summed E-state index contributed by atoms with van der Waals surface area (Å²) in [6.07, 6.45) is 1.60. The van der Waals surface area contributed by atoms with Gasteiger partial charge in [-0.25, -0.2) is 4.39 Å². The second-order valence-corrected chi connectivity index (χ2v) is 7.00. The molecule has 1 fully saturated rings. The van der Waals surface area contributed by atoms with Crippen molar-refractivity contribution in [1.82, 2.24) is 10.6 Å². The summed E-state index contributed by atoms with van der Waals surface area (Å²) in [6, 6.07) is 11.7. The molecule has 6 heteroatoms. The summed E-state index contributed by atoms with van der Waals surface area (Å²) in [5.41, 5.74) is 1.23. The monoisotopic (exact) mass is 374 g/mol. The van der Waals surface area contributed by atoms with E-state index in [1.54, 1.807) is 31.2 Å². The molecule has 4 nitrogen and oxygen atoms in total. The molecule has 0 radical (unpaired) electrons. The van der Waals surface area contributed by atoms with Crippen LogP contribution in [-0.2, 0) is 10.2 Å². The van der Waals surface area contributed by atoms with E-state index in [9.17, 15) is 14.0 Å². The third-order valence-electron chi connectivity index (χ3n) is 4.71. The number of amides is 2. The van der Waals surface area contributed by atoms with Crippen molar-refractivity contribution in [3.05, 3.63) is 70.0 Å². The van der Waals surface area contributed by atoms with Crippen LogP contribution in [0.1, 0.15) is 34.3 Å². The zero-order valence-corrected chi connectivity index (χ0v) is 15.2. The molecule has 1 aliphatic carbocycles. The van der Waals surface area contributed by atoms with Gasteiger partial charge in [0.25, 0.3) is 5.91 Å². The van der Waals surface area contributed by atoms with E-state index in [-0.39, 0.29) is 23.9 Å². The van der Waals surface area contributed by atoms with Gasteiger partial charge in [-0.05, 0) is 55.2 Å². The van der Waals surface area contributed by atoms with Gasteiger partial charge in [0.2, 0.25) is 5.91 Å². The summed E-state index contributed by atoms with van der Waals surface area (Å²) in [4.78, 5) is 24.5. The van der Waals surface area contributed by atoms with Gasteiger partial charge in [0.1, 0.15) is 5.82 Å². The zero-order chi connectivity index (χ0) is 18.7. The maximum absolute atomic E-state index is 13.5. The van der Waals surface area contributed by atoms with Crippen molar-refractivity contribution in [2.45, 2.75) is 25.2 Å².